The van der Waals surface area contributed by atoms with Crippen LogP contribution in [0.25, 0.3) is 0 Å². The summed E-state index contributed by atoms with van der Waals surface area (Å²) in [5.41, 5.74) is 7.76. The van der Waals surface area contributed by atoms with Gasteiger partial charge in [-0.2, -0.15) is 0 Å². The smallest absolute Gasteiger partial charge is 0.298 e. The molecule has 3 aromatic rings. The van der Waals surface area contributed by atoms with Gasteiger partial charge in [0.1, 0.15) is 23.6 Å². The standard InChI is InChI=1S/C29H34N6O2/c1-29(30,22-11-13-25(14-12-22)37-24-8-5-4-6-9-24)26-20-31-21-32-28(26)33-23-15-18-35(19-16-23)27(36)10-7-17-34(2)3/h4-6,8-9,11-14,20-21,23H,15-19,30H2,1-3H3,(H,31,32,33). The highest BCUT2D eigenvalue weighted by Crippen LogP contribution is 2.33. The number of hydrogen-bond donors (Lipinski definition) is 2. The van der Waals surface area contributed by atoms with Gasteiger partial charge < -0.3 is 20.7 Å². The van der Waals surface area contributed by atoms with Crippen molar-refractivity contribution >= 4 is 11.7 Å². The van der Waals surface area contributed by atoms with Crippen LogP contribution in [0.3, 0.4) is 0 Å². The molecule has 0 spiro atoms. The quantitative estimate of drug-likeness (QED) is 0.482. The topological polar surface area (TPSA) is 96.6 Å². The zero-order valence-corrected chi connectivity index (χ0v) is 21.6. The van der Waals surface area contributed by atoms with E-state index in [1.807, 2.05) is 85.4 Å². The Hall–Kier alpha value is -3.93. The molecule has 1 saturated heterocycles. The third kappa shape index (κ3) is 6.85. The molecule has 1 atom stereocenters. The summed E-state index contributed by atoms with van der Waals surface area (Å²) in [5, 5.41) is 3.55. The number of nitrogens with two attached hydrogens (primary N) is 1. The third-order valence-electron chi connectivity index (χ3n) is 6.42. The van der Waals surface area contributed by atoms with Gasteiger partial charge in [-0.05, 0) is 69.6 Å². The number of anilines is 1. The van der Waals surface area contributed by atoms with Gasteiger partial charge in [0, 0.05) is 30.9 Å². The lowest BCUT2D eigenvalue weighted by Gasteiger charge is -2.33. The number of benzene rings is 2. The van der Waals surface area contributed by atoms with Crippen LogP contribution in [-0.2, 0) is 10.3 Å². The highest BCUT2D eigenvalue weighted by atomic mass is 16.5. The van der Waals surface area contributed by atoms with Crippen molar-refractivity contribution < 1.29 is 9.53 Å². The molecule has 1 amide bonds. The predicted octanol–water partition coefficient (Wildman–Crippen LogP) is 3.46. The molecule has 4 rings (SSSR count). The van der Waals surface area contributed by atoms with Gasteiger partial charge in [0.15, 0.2) is 0 Å². The maximum Gasteiger partial charge on any atom is 0.298 e. The number of para-hydroxylation sites is 1. The van der Waals surface area contributed by atoms with Gasteiger partial charge in [-0.1, -0.05) is 36.3 Å². The molecule has 192 valence electrons. The van der Waals surface area contributed by atoms with E-state index in [1.165, 1.54) is 6.33 Å². The SMILES string of the molecule is CN(C)CC#CC(=O)N1CCC(Nc2ncncc2C(C)(N)c2ccc(Oc3ccccc3)cc2)CC1. The highest BCUT2D eigenvalue weighted by molar-refractivity contribution is 5.93. The van der Waals surface area contributed by atoms with E-state index in [1.54, 1.807) is 6.20 Å². The fourth-order valence-electron chi connectivity index (χ4n) is 4.25. The Kier molecular flexibility index (Phi) is 8.39. The fraction of sp³-hybridized carbons (Fsp3) is 0.345. The molecule has 0 bridgehead atoms. The molecule has 3 N–H and O–H groups in total. The van der Waals surface area contributed by atoms with Crippen LogP contribution in [-0.4, -0.2) is 65.4 Å². The summed E-state index contributed by atoms with van der Waals surface area (Å²) in [5.74, 6) is 7.77. The molecule has 1 aliphatic rings. The van der Waals surface area contributed by atoms with Crippen molar-refractivity contribution in [3.05, 3.63) is 78.2 Å². The maximum absolute atomic E-state index is 12.4. The van der Waals surface area contributed by atoms with Crippen molar-refractivity contribution in [2.75, 3.05) is 39.0 Å². The van der Waals surface area contributed by atoms with Crippen LogP contribution < -0.4 is 15.8 Å². The second kappa shape index (κ2) is 11.9. The van der Waals surface area contributed by atoms with Crippen LogP contribution in [0, 0.1) is 11.8 Å². The monoisotopic (exact) mass is 498 g/mol. The van der Waals surface area contributed by atoms with E-state index in [0.29, 0.717) is 25.5 Å². The van der Waals surface area contributed by atoms with Gasteiger partial charge in [0.25, 0.3) is 5.91 Å². The Morgan fingerprint density at radius 1 is 1.14 bits per heavy atom. The molecule has 0 aliphatic carbocycles. The lowest BCUT2D eigenvalue weighted by molar-refractivity contribution is -0.126. The summed E-state index contributed by atoms with van der Waals surface area (Å²) in [4.78, 5) is 24.9. The summed E-state index contributed by atoms with van der Waals surface area (Å²) in [7, 11) is 3.86. The number of piperidine rings is 1. The normalized spacial score (nSPS) is 15.4. The Morgan fingerprint density at radius 3 is 2.49 bits per heavy atom. The lowest BCUT2D eigenvalue weighted by Crippen LogP contribution is -2.43. The van der Waals surface area contributed by atoms with Crippen molar-refractivity contribution in [3.8, 4) is 23.3 Å². The number of nitrogens with zero attached hydrogens (tertiary/aromatic N) is 4. The summed E-state index contributed by atoms with van der Waals surface area (Å²) in [6.07, 6.45) is 4.90. The number of hydrogen-bond acceptors (Lipinski definition) is 7. The van der Waals surface area contributed by atoms with Crippen molar-refractivity contribution in [2.24, 2.45) is 5.73 Å². The molecule has 1 unspecified atom stereocenters. The number of aromatic nitrogens is 2. The molecule has 37 heavy (non-hydrogen) atoms. The Bertz CT molecular complexity index is 1240. The first-order valence-corrected chi connectivity index (χ1v) is 12.4. The van der Waals surface area contributed by atoms with Gasteiger partial charge in [0.05, 0.1) is 12.1 Å². The lowest BCUT2D eigenvalue weighted by atomic mass is 9.86. The first kappa shape index (κ1) is 26.1. The Morgan fingerprint density at radius 2 is 1.81 bits per heavy atom. The molecule has 1 fully saturated rings. The first-order valence-electron chi connectivity index (χ1n) is 12.4. The van der Waals surface area contributed by atoms with Crippen LogP contribution in [0.1, 0.15) is 30.9 Å². The number of rotatable bonds is 7. The van der Waals surface area contributed by atoms with Crippen LogP contribution in [0.15, 0.2) is 67.1 Å². The van der Waals surface area contributed by atoms with Crippen molar-refractivity contribution in [1.29, 1.82) is 0 Å². The number of likely N-dealkylation sites (tertiary alicyclic amines) is 1. The van der Waals surface area contributed by atoms with Crippen LogP contribution >= 0.6 is 0 Å². The minimum absolute atomic E-state index is 0.114. The molecule has 8 nitrogen and oxygen atoms in total. The summed E-state index contributed by atoms with van der Waals surface area (Å²) in [6, 6.07) is 17.6. The fourth-order valence-corrected chi connectivity index (χ4v) is 4.25. The molecule has 1 aliphatic heterocycles. The minimum atomic E-state index is -0.826. The predicted molar refractivity (Wildman–Crippen MR) is 145 cm³/mol. The average molecular weight is 499 g/mol. The van der Waals surface area contributed by atoms with Crippen LogP contribution in [0.2, 0.25) is 0 Å². The van der Waals surface area contributed by atoms with Gasteiger partial charge in [-0.15, -0.1) is 0 Å². The van der Waals surface area contributed by atoms with Crippen LogP contribution in [0.5, 0.6) is 11.5 Å². The highest BCUT2D eigenvalue weighted by Gasteiger charge is 2.30. The van der Waals surface area contributed by atoms with Gasteiger partial charge in [-0.25, -0.2) is 9.97 Å². The Balaban J connectivity index is 1.41. The number of carbonyl (C=O) groups is 1. The number of ether oxygens (including phenoxy) is 1. The summed E-state index contributed by atoms with van der Waals surface area (Å²) < 4.78 is 5.92. The van der Waals surface area contributed by atoms with E-state index >= 15 is 0 Å². The zero-order chi connectivity index (χ0) is 26.3. The third-order valence-corrected chi connectivity index (χ3v) is 6.42. The van der Waals surface area contributed by atoms with Gasteiger partial charge in [0.2, 0.25) is 0 Å². The zero-order valence-electron chi connectivity index (χ0n) is 21.6. The van der Waals surface area contributed by atoms with E-state index < -0.39 is 5.54 Å². The maximum atomic E-state index is 12.4. The van der Waals surface area contributed by atoms with E-state index in [-0.39, 0.29) is 11.9 Å². The number of nitrogens with one attached hydrogen (secondary N) is 1. The summed E-state index contributed by atoms with van der Waals surface area (Å²) >= 11 is 0. The molecule has 2 heterocycles. The van der Waals surface area contributed by atoms with Crippen molar-refractivity contribution in [3.63, 3.8) is 0 Å². The van der Waals surface area contributed by atoms with E-state index in [4.69, 9.17) is 10.5 Å². The van der Waals surface area contributed by atoms with Gasteiger partial charge >= 0.3 is 0 Å². The van der Waals surface area contributed by atoms with Crippen LogP contribution in [0.4, 0.5) is 5.82 Å². The molecular formula is C29H34N6O2. The number of amides is 1. The average Bonchev–Trinajstić information content (AvgIpc) is 2.90. The second-order valence-corrected chi connectivity index (χ2v) is 9.68. The molecule has 8 heteroatoms. The minimum Gasteiger partial charge on any atom is -0.457 e. The van der Waals surface area contributed by atoms with Gasteiger partial charge in [-0.3, -0.25) is 9.69 Å². The first-order chi connectivity index (χ1) is 17.8. The van der Waals surface area contributed by atoms with E-state index in [0.717, 1.165) is 35.5 Å². The number of carbonyl (C=O) groups excluding carboxylic acids is 1. The molecule has 2 aromatic carbocycles. The van der Waals surface area contributed by atoms with E-state index in [9.17, 15) is 4.79 Å². The Labute approximate surface area is 218 Å². The second-order valence-electron chi connectivity index (χ2n) is 9.68. The summed E-state index contributed by atoms with van der Waals surface area (Å²) in [6.45, 7) is 3.82. The molecular weight excluding hydrogens is 464 g/mol. The van der Waals surface area contributed by atoms with E-state index in [2.05, 4.69) is 27.1 Å². The molecule has 1 aromatic heterocycles. The van der Waals surface area contributed by atoms with Crippen molar-refractivity contribution in [2.45, 2.75) is 31.3 Å². The molecule has 0 saturated carbocycles. The molecule has 0 radical (unpaired) electrons. The van der Waals surface area contributed by atoms with Crippen molar-refractivity contribution in [1.82, 2.24) is 19.8 Å². The largest absolute Gasteiger partial charge is 0.457 e.